The molecule has 1 aliphatic heterocycles. The van der Waals surface area contributed by atoms with E-state index in [1.807, 2.05) is 13.0 Å². The Morgan fingerprint density at radius 3 is 2.59 bits per heavy atom. The summed E-state index contributed by atoms with van der Waals surface area (Å²) in [5, 5.41) is 8.78. The van der Waals surface area contributed by atoms with Gasteiger partial charge >= 0.3 is 11.9 Å². The van der Waals surface area contributed by atoms with Crippen LogP contribution in [-0.2, 0) is 28.6 Å². The lowest BCUT2D eigenvalue weighted by Gasteiger charge is -2.29. The summed E-state index contributed by atoms with van der Waals surface area (Å²) in [7, 11) is 0. The Hall–Kier alpha value is -2.43. The molecule has 0 spiro atoms. The quantitative estimate of drug-likeness (QED) is 0.155. The number of carboxylic acids is 1. The zero-order chi connectivity index (χ0) is 26.6. The number of carbonyl (C=O) groups is 3. The fourth-order valence-corrected chi connectivity index (χ4v) is 5.12. The Kier molecular flexibility index (Phi) is 11.9. The van der Waals surface area contributed by atoms with Crippen molar-refractivity contribution in [1.82, 2.24) is 0 Å². The lowest BCUT2D eigenvalue weighted by molar-refractivity contribution is -0.193. The molecule has 2 aliphatic carbocycles. The first kappa shape index (κ1) is 29.1. The van der Waals surface area contributed by atoms with Gasteiger partial charge in [-0.15, -0.1) is 5.92 Å². The van der Waals surface area contributed by atoms with Crippen LogP contribution in [0.2, 0.25) is 0 Å². The summed E-state index contributed by atoms with van der Waals surface area (Å²) in [6.45, 7) is 4.01. The molecule has 0 aromatic rings. The molecule has 3 aliphatic rings. The number of carbonyl (C=O) groups excluding carboxylic acids is 2. The summed E-state index contributed by atoms with van der Waals surface area (Å²) >= 11 is 0. The van der Waals surface area contributed by atoms with Gasteiger partial charge in [0.05, 0.1) is 6.10 Å². The van der Waals surface area contributed by atoms with Crippen molar-refractivity contribution < 1.29 is 33.7 Å². The van der Waals surface area contributed by atoms with Crippen LogP contribution in [0.25, 0.3) is 0 Å². The average Bonchev–Trinajstić information content (AvgIpc) is 3.63. The number of rotatable bonds is 13. The van der Waals surface area contributed by atoms with E-state index in [9.17, 15) is 14.4 Å². The van der Waals surface area contributed by atoms with Gasteiger partial charge in [0.15, 0.2) is 12.1 Å². The van der Waals surface area contributed by atoms with E-state index in [1.165, 1.54) is 25.8 Å². The number of hydrogen-bond acceptors (Lipinski definition) is 6. The van der Waals surface area contributed by atoms with Gasteiger partial charge in [0.1, 0.15) is 6.10 Å². The van der Waals surface area contributed by atoms with Crippen molar-refractivity contribution in [2.45, 2.75) is 103 Å². The fourth-order valence-electron chi connectivity index (χ4n) is 5.12. The first-order valence-electron chi connectivity index (χ1n) is 13.9. The standard InChI is InChI=1S/C30H42O7/c1-21(10-9-11-23-15-16-23)26(32)18-17-25-24(12-5-3-4-6-13-29(33)34)27(36-22(2)31)20-28(25)37-30-14-7-8-19-35-30/h6,13,17-18,21,23-25,27-28,30H,3-5,7-8,10,12,14-16,19-20H2,1-2H3,(H,33,34)/b13-6+,18-17+/t21?,24-,25-,27+,28-,30?/m1/s1. The number of allylic oxidation sites excluding steroid dienone is 2. The van der Waals surface area contributed by atoms with Crippen LogP contribution in [0.1, 0.15) is 84.5 Å². The lowest BCUT2D eigenvalue weighted by Crippen LogP contribution is -2.30. The number of carboxylic acid groups (broad SMARTS) is 1. The van der Waals surface area contributed by atoms with E-state index in [0.29, 0.717) is 31.8 Å². The molecule has 1 saturated heterocycles. The Morgan fingerprint density at radius 2 is 1.92 bits per heavy atom. The lowest BCUT2D eigenvalue weighted by atomic mass is 9.87. The van der Waals surface area contributed by atoms with Crippen LogP contribution in [0.5, 0.6) is 0 Å². The maximum absolute atomic E-state index is 12.9. The van der Waals surface area contributed by atoms with Gasteiger partial charge in [0, 0.05) is 56.1 Å². The van der Waals surface area contributed by atoms with E-state index >= 15 is 0 Å². The molecule has 0 radical (unpaired) electrons. The van der Waals surface area contributed by atoms with Crippen molar-refractivity contribution in [2.24, 2.45) is 23.7 Å². The van der Waals surface area contributed by atoms with Gasteiger partial charge in [0.25, 0.3) is 0 Å². The third kappa shape index (κ3) is 10.5. The predicted molar refractivity (Wildman–Crippen MR) is 139 cm³/mol. The Morgan fingerprint density at radius 1 is 1.11 bits per heavy atom. The van der Waals surface area contributed by atoms with Gasteiger partial charge in [-0.3, -0.25) is 9.59 Å². The number of ketones is 1. The molecule has 7 heteroatoms. The van der Waals surface area contributed by atoms with Crippen LogP contribution in [0.3, 0.4) is 0 Å². The highest BCUT2D eigenvalue weighted by molar-refractivity contribution is 5.91. The Balaban J connectivity index is 1.68. The first-order chi connectivity index (χ1) is 17.8. The molecule has 0 aromatic carbocycles. The second-order valence-electron chi connectivity index (χ2n) is 10.6. The summed E-state index contributed by atoms with van der Waals surface area (Å²) in [5.74, 6) is 5.44. The normalized spacial score (nSPS) is 28.6. The Labute approximate surface area is 221 Å². The highest BCUT2D eigenvalue weighted by Crippen LogP contribution is 2.42. The highest BCUT2D eigenvalue weighted by Gasteiger charge is 2.45. The van der Waals surface area contributed by atoms with Crippen LogP contribution in [0, 0.1) is 35.5 Å². The van der Waals surface area contributed by atoms with Gasteiger partial charge < -0.3 is 19.3 Å². The number of aliphatic carboxylic acids is 1. The molecule has 0 bridgehead atoms. The van der Waals surface area contributed by atoms with E-state index in [0.717, 1.165) is 38.5 Å². The molecule has 1 heterocycles. The molecule has 2 unspecified atom stereocenters. The molecule has 6 atom stereocenters. The summed E-state index contributed by atoms with van der Waals surface area (Å²) in [6, 6.07) is 0. The molecule has 2 saturated carbocycles. The molecule has 3 rings (SSSR count). The Bertz CT molecular complexity index is 885. The minimum absolute atomic E-state index is 0.00922. The summed E-state index contributed by atoms with van der Waals surface area (Å²) in [6.07, 6.45) is 15.2. The molecule has 1 N–H and O–H groups in total. The molecule has 0 aromatic heterocycles. The second kappa shape index (κ2) is 15.1. The monoisotopic (exact) mass is 514 g/mol. The molecular formula is C30H42O7. The van der Waals surface area contributed by atoms with Gasteiger partial charge in [0.2, 0.25) is 0 Å². The van der Waals surface area contributed by atoms with E-state index in [-0.39, 0.29) is 48.0 Å². The van der Waals surface area contributed by atoms with Crippen molar-refractivity contribution in [2.75, 3.05) is 6.61 Å². The summed E-state index contributed by atoms with van der Waals surface area (Å²) in [4.78, 5) is 35.5. The van der Waals surface area contributed by atoms with Crippen molar-refractivity contribution >= 4 is 17.7 Å². The maximum Gasteiger partial charge on any atom is 0.327 e. The van der Waals surface area contributed by atoms with Gasteiger partial charge in [-0.1, -0.05) is 31.4 Å². The first-order valence-corrected chi connectivity index (χ1v) is 13.9. The van der Waals surface area contributed by atoms with Crippen molar-refractivity contribution in [3.63, 3.8) is 0 Å². The minimum Gasteiger partial charge on any atom is -0.478 e. The van der Waals surface area contributed by atoms with E-state index in [4.69, 9.17) is 19.3 Å². The van der Waals surface area contributed by atoms with Crippen molar-refractivity contribution in [1.29, 1.82) is 0 Å². The summed E-state index contributed by atoms with van der Waals surface area (Å²) in [5.41, 5.74) is 0. The summed E-state index contributed by atoms with van der Waals surface area (Å²) < 4.78 is 17.9. The third-order valence-corrected chi connectivity index (χ3v) is 7.33. The number of esters is 1. The topological polar surface area (TPSA) is 99.1 Å². The van der Waals surface area contributed by atoms with Crippen LogP contribution in [-0.4, -0.2) is 47.9 Å². The van der Waals surface area contributed by atoms with Gasteiger partial charge in [-0.2, -0.15) is 0 Å². The third-order valence-electron chi connectivity index (χ3n) is 7.33. The minimum atomic E-state index is -0.946. The van der Waals surface area contributed by atoms with Crippen LogP contribution in [0.4, 0.5) is 0 Å². The zero-order valence-electron chi connectivity index (χ0n) is 22.2. The molecular weight excluding hydrogens is 472 g/mol. The maximum atomic E-state index is 12.9. The largest absolute Gasteiger partial charge is 0.478 e. The molecule has 37 heavy (non-hydrogen) atoms. The van der Waals surface area contributed by atoms with Gasteiger partial charge in [-0.05, 0) is 57.4 Å². The number of hydrogen-bond donors (Lipinski definition) is 1. The van der Waals surface area contributed by atoms with E-state index in [2.05, 4.69) is 11.8 Å². The molecule has 7 nitrogen and oxygen atoms in total. The fraction of sp³-hybridized carbons (Fsp3) is 0.700. The smallest absolute Gasteiger partial charge is 0.327 e. The number of ether oxygens (including phenoxy) is 3. The SMILES string of the molecule is CC(=O)O[C@H]1C[C@@H](OC2CCCCO2)[C@H](/C=C/C(=O)C(C)CC#CC2CC2)[C@H]1CCCC/C=C/C(=O)O. The molecule has 204 valence electrons. The zero-order valence-corrected chi connectivity index (χ0v) is 22.2. The van der Waals surface area contributed by atoms with E-state index in [1.54, 1.807) is 12.2 Å². The van der Waals surface area contributed by atoms with E-state index < -0.39 is 5.97 Å². The van der Waals surface area contributed by atoms with Crippen LogP contribution < -0.4 is 0 Å². The van der Waals surface area contributed by atoms with Crippen molar-refractivity contribution in [3.05, 3.63) is 24.3 Å². The van der Waals surface area contributed by atoms with Crippen LogP contribution in [0.15, 0.2) is 24.3 Å². The van der Waals surface area contributed by atoms with Crippen molar-refractivity contribution in [3.8, 4) is 11.8 Å². The second-order valence-corrected chi connectivity index (χ2v) is 10.6. The van der Waals surface area contributed by atoms with Crippen LogP contribution >= 0.6 is 0 Å². The average molecular weight is 515 g/mol. The van der Waals surface area contributed by atoms with Gasteiger partial charge in [-0.25, -0.2) is 4.79 Å². The number of unbranched alkanes of at least 4 members (excludes halogenated alkanes) is 2. The molecule has 3 fully saturated rings. The highest BCUT2D eigenvalue weighted by atomic mass is 16.7. The predicted octanol–water partition coefficient (Wildman–Crippen LogP) is 5.23. The molecule has 0 amide bonds.